The molecule has 1 unspecified atom stereocenters. The molecule has 1 amide bonds. The van der Waals surface area contributed by atoms with Crippen molar-refractivity contribution in [1.29, 1.82) is 0 Å². The van der Waals surface area contributed by atoms with Crippen LogP contribution in [-0.2, 0) is 11.3 Å². The van der Waals surface area contributed by atoms with Gasteiger partial charge in [0.05, 0.1) is 0 Å². The minimum absolute atomic E-state index is 0.131. The van der Waals surface area contributed by atoms with E-state index in [1.165, 1.54) is 11.3 Å². The molecule has 3 heterocycles. The van der Waals surface area contributed by atoms with Gasteiger partial charge in [0.25, 0.3) is 0 Å². The molecule has 2 aliphatic rings. The van der Waals surface area contributed by atoms with Crippen molar-refractivity contribution < 1.29 is 4.79 Å². The summed E-state index contributed by atoms with van der Waals surface area (Å²) in [5.74, 6) is 0.299. The van der Waals surface area contributed by atoms with E-state index < -0.39 is 0 Å². The van der Waals surface area contributed by atoms with Gasteiger partial charge in [0.15, 0.2) is 0 Å². The third kappa shape index (κ3) is 4.60. The summed E-state index contributed by atoms with van der Waals surface area (Å²) >= 11 is 1.83. The molecule has 4 nitrogen and oxygen atoms in total. The van der Waals surface area contributed by atoms with Gasteiger partial charge < -0.3 is 4.90 Å². The number of piperidine rings is 1. The van der Waals surface area contributed by atoms with E-state index in [4.69, 9.17) is 0 Å². The molecule has 0 saturated carbocycles. The number of carbonyl (C=O) groups excluding carboxylic acids is 1. The van der Waals surface area contributed by atoms with Crippen LogP contribution in [0.5, 0.6) is 0 Å². The van der Waals surface area contributed by atoms with Gasteiger partial charge in [0.1, 0.15) is 6.04 Å². The molecule has 2 aromatic rings. The number of amides is 1. The van der Waals surface area contributed by atoms with E-state index in [1.807, 2.05) is 17.4 Å². The molecule has 2 fully saturated rings. The fourth-order valence-corrected chi connectivity index (χ4v) is 4.98. The minimum Gasteiger partial charge on any atom is -0.341 e. The number of nitrogens with zero attached hydrogens (tertiary/aromatic N) is 3. The molecule has 5 heteroatoms. The summed E-state index contributed by atoms with van der Waals surface area (Å²) in [4.78, 5) is 21.8. The van der Waals surface area contributed by atoms with Gasteiger partial charge in [0, 0.05) is 50.7 Å². The summed E-state index contributed by atoms with van der Waals surface area (Å²) in [6.07, 6.45) is 3.53. The summed E-state index contributed by atoms with van der Waals surface area (Å²) < 4.78 is 0. The van der Waals surface area contributed by atoms with Crippen molar-refractivity contribution in [3.05, 3.63) is 58.3 Å². The third-order valence-electron chi connectivity index (χ3n) is 5.75. The van der Waals surface area contributed by atoms with Crippen LogP contribution in [-0.4, -0.2) is 59.9 Å². The zero-order valence-electron chi connectivity index (χ0n) is 15.9. The number of hydrogen-bond donors (Lipinski definition) is 0. The van der Waals surface area contributed by atoms with Crippen molar-refractivity contribution in [2.45, 2.75) is 31.8 Å². The van der Waals surface area contributed by atoms with Crippen molar-refractivity contribution in [3.8, 4) is 0 Å². The Morgan fingerprint density at radius 1 is 0.889 bits per heavy atom. The highest BCUT2D eigenvalue weighted by atomic mass is 32.1. The van der Waals surface area contributed by atoms with E-state index in [9.17, 15) is 4.79 Å². The SMILES string of the molecule is O=C(C(c1ccccc1)N1CCN(Cc2cccs2)CC1)N1CCCCC1. The Labute approximate surface area is 166 Å². The molecule has 2 saturated heterocycles. The second-order valence-corrected chi connectivity index (χ2v) is 8.62. The third-order valence-corrected chi connectivity index (χ3v) is 6.61. The monoisotopic (exact) mass is 383 g/mol. The zero-order chi connectivity index (χ0) is 18.5. The average Bonchev–Trinajstić information content (AvgIpc) is 3.24. The molecule has 1 atom stereocenters. The van der Waals surface area contributed by atoms with Crippen LogP contribution in [0.15, 0.2) is 47.8 Å². The molecule has 2 aliphatic heterocycles. The van der Waals surface area contributed by atoms with Gasteiger partial charge >= 0.3 is 0 Å². The van der Waals surface area contributed by atoms with Crippen molar-refractivity contribution in [3.63, 3.8) is 0 Å². The lowest BCUT2D eigenvalue weighted by molar-refractivity contribution is -0.139. The van der Waals surface area contributed by atoms with E-state index in [-0.39, 0.29) is 6.04 Å². The molecule has 144 valence electrons. The summed E-state index contributed by atoms with van der Waals surface area (Å²) in [7, 11) is 0. The number of thiophene rings is 1. The Bertz CT molecular complexity index is 704. The van der Waals surface area contributed by atoms with Crippen molar-refractivity contribution in [2.75, 3.05) is 39.3 Å². The molecule has 0 bridgehead atoms. The molecular formula is C22H29N3OS. The average molecular weight is 384 g/mol. The Morgan fingerprint density at radius 3 is 2.30 bits per heavy atom. The maximum absolute atomic E-state index is 13.4. The first kappa shape index (κ1) is 18.7. The number of likely N-dealkylation sites (tertiary alicyclic amines) is 1. The van der Waals surface area contributed by atoms with Crippen LogP contribution in [0.1, 0.15) is 35.7 Å². The first-order chi connectivity index (χ1) is 13.3. The minimum atomic E-state index is -0.131. The predicted octanol–water partition coefficient (Wildman–Crippen LogP) is 3.62. The number of benzene rings is 1. The topological polar surface area (TPSA) is 26.8 Å². The molecule has 27 heavy (non-hydrogen) atoms. The van der Waals surface area contributed by atoms with Crippen LogP contribution in [0.4, 0.5) is 0 Å². The van der Waals surface area contributed by atoms with E-state index in [0.717, 1.165) is 64.2 Å². The highest BCUT2D eigenvalue weighted by molar-refractivity contribution is 7.09. The lowest BCUT2D eigenvalue weighted by atomic mass is 10.0. The first-order valence-corrected chi connectivity index (χ1v) is 11.0. The quantitative estimate of drug-likeness (QED) is 0.789. The van der Waals surface area contributed by atoms with Crippen LogP contribution in [0.25, 0.3) is 0 Å². The van der Waals surface area contributed by atoms with Crippen molar-refractivity contribution in [2.24, 2.45) is 0 Å². The fourth-order valence-electron chi connectivity index (χ4n) is 4.23. The summed E-state index contributed by atoms with van der Waals surface area (Å²) in [6.45, 7) is 6.81. The van der Waals surface area contributed by atoms with E-state index in [1.54, 1.807) is 0 Å². The van der Waals surface area contributed by atoms with E-state index in [0.29, 0.717) is 5.91 Å². The summed E-state index contributed by atoms with van der Waals surface area (Å²) in [5, 5.41) is 2.15. The number of piperazine rings is 1. The molecular weight excluding hydrogens is 354 g/mol. The van der Waals surface area contributed by atoms with Gasteiger partial charge in [-0.1, -0.05) is 36.4 Å². The van der Waals surface area contributed by atoms with Crippen molar-refractivity contribution in [1.82, 2.24) is 14.7 Å². The second kappa shape index (κ2) is 9.00. The first-order valence-electron chi connectivity index (χ1n) is 10.1. The van der Waals surface area contributed by atoms with Gasteiger partial charge in [-0.15, -0.1) is 11.3 Å². The normalized spacial score (nSPS) is 20.5. The summed E-state index contributed by atoms with van der Waals surface area (Å²) in [5.41, 5.74) is 1.14. The smallest absolute Gasteiger partial charge is 0.244 e. The lowest BCUT2D eigenvalue weighted by Crippen LogP contribution is -2.52. The molecule has 0 aliphatic carbocycles. The molecule has 1 aromatic carbocycles. The van der Waals surface area contributed by atoms with Gasteiger partial charge in [-0.05, 0) is 36.3 Å². The maximum atomic E-state index is 13.4. The molecule has 1 aromatic heterocycles. The van der Waals surface area contributed by atoms with E-state index >= 15 is 0 Å². The highest BCUT2D eigenvalue weighted by Gasteiger charge is 2.33. The molecule has 0 radical (unpaired) electrons. The number of rotatable bonds is 5. The van der Waals surface area contributed by atoms with Crippen molar-refractivity contribution >= 4 is 17.2 Å². The van der Waals surface area contributed by atoms with Gasteiger partial charge in [0.2, 0.25) is 5.91 Å². The van der Waals surface area contributed by atoms with Crippen LogP contribution in [0.3, 0.4) is 0 Å². The van der Waals surface area contributed by atoms with Crippen LogP contribution >= 0.6 is 11.3 Å². The van der Waals surface area contributed by atoms with Gasteiger partial charge in [-0.2, -0.15) is 0 Å². The maximum Gasteiger partial charge on any atom is 0.244 e. The highest BCUT2D eigenvalue weighted by Crippen LogP contribution is 2.26. The zero-order valence-corrected chi connectivity index (χ0v) is 16.7. The van der Waals surface area contributed by atoms with Gasteiger partial charge in [-0.25, -0.2) is 0 Å². The second-order valence-electron chi connectivity index (χ2n) is 7.59. The number of hydrogen-bond acceptors (Lipinski definition) is 4. The standard InChI is InChI=1S/C22H29N3OS/c26-22(25-11-5-2-6-12-25)21(19-8-3-1-4-9-19)24-15-13-23(14-16-24)18-20-10-7-17-27-20/h1,3-4,7-10,17,21H,2,5-6,11-16,18H2. The molecule has 0 spiro atoms. The fraction of sp³-hybridized carbons (Fsp3) is 0.500. The molecule has 4 rings (SSSR count). The molecule has 0 N–H and O–H groups in total. The number of carbonyl (C=O) groups is 1. The Kier molecular flexibility index (Phi) is 6.22. The van der Waals surface area contributed by atoms with Crippen LogP contribution in [0.2, 0.25) is 0 Å². The Hall–Kier alpha value is -1.69. The Morgan fingerprint density at radius 2 is 1.63 bits per heavy atom. The van der Waals surface area contributed by atoms with E-state index in [2.05, 4.69) is 56.5 Å². The predicted molar refractivity (Wildman–Crippen MR) is 111 cm³/mol. The van der Waals surface area contributed by atoms with Crippen LogP contribution in [0, 0.1) is 0 Å². The van der Waals surface area contributed by atoms with Gasteiger partial charge in [-0.3, -0.25) is 14.6 Å². The van der Waals surface area contributed by atoms with Crippen LogP contribution < -0.4 is 0 Å². The summed E-state index contributed by atoms with van der Waals surface area (Å²) in [6, 6.07) is 14.6. The largest absolute Gasteiger partial charge is 0.341 e. The Balaban J connectivity index is 1.45. The lowest BCUT2D eigenvalue weighted by Gasteiger charge is -2.41.